The topological polar surface area (TPSA) is 49.4 Å². The molecule has 2 unspecified atom stereocenters. The number of hydrogen-bond donors (Lipinski definition) is 1. The maximum atomic E-state index is 13.4. The van der Waals surface area contributed by atoms with Crippen LogP contribution in [0.15, 0.2) is 24.3 Å². The van der Waals surface area contributed by atoms with Crippen molar-refractivity contribution in [2.24, 2.45) is 5.92 Å². The van der Waals surface area contributed by atoms with E-state index in [1.165, 1.54) is 49.9 Å². The molecule has 0 spiro atoms. The van der Waals surface area contributed by atoms with Crippen molar-refractivity contribution in [3.63, 3.8) is 0 Å². The predicted octanol–water partition coefficient (Wildman–Crippen LogP) is 4.74. The lowest BCUT2D eigenvalue weighted by Crippen LogP contribution is -2.53. The number of benzene rings is 1. The van der Waals surface area contributed by atoms with E-state index in [0.717, 1.165) is 38.5 Å². The predicted molar refractivity (Wildman–Crippen MR) is 114 cm³/mol. The summed E-state index contributed by atoms with van der Waals surface area (Å²) in [4.78, 5) is 28.4. The van der Waals surface area contributed by atoms with Gasteiger partial charge in [-0.3, -0.25) is 9.59 Å². The van der Waals surface area contributed by atoms with Crippen molar-refractivity contribution in [2.45, 2.75) is 81.7 Å². The molecule has 1 heterocycles. The van der Waals surface area contributed by atoms with Crippen LogP contribution in [0.2, 0.25) is 0 Å². The Labute approximate surface area is 177 Å². The first-order valence-corrected chi connectivity index (χ1v) is 12.2. The SMILES string of the molecule is O=C(NC1CCCCC1)C1CSC(C2CCCCC2)N1C(=O)c1ccc(F)cc1. The summed E-state index contributed by atoms with van der Waals surface area (Å²) in [5, 5.41) is 3.26. The van der Waals surface area contributed by atoms with Gasteiger partial charge in [-0.05, 0) is 55.9 Å². The van der Waals surface area contributed by atoms with Crippen LogP contribution in [0.3, 0.4) is 0 Å². The molecule has 2 amide bonds. The van der Waals surface area contributed by atoms with E-state index in [-0.39, 0.29) is 29.0 Å². The van der Waals surface area contributed by atoms with E-state index in [1.54, 1.807) is 11.8 Å². The van der Waals surface area contributed by atoms with Gasteiger partial charge in [-0.25, -0.2) is 4.39 Å². The van der Waals surface area contributed by atoms with E-state index in [0.29, 0.717) is 17.2 Å². The maximum absolute atomic E-state index is 13.4. The Kier molecular flexibility index (Phi) is 6.78. The lowest BCUT2D eigenvalue weighted by atomic mass is 9.88. The highest BCUT2D eigenvalue weighted by molar-refractivity contribution is 8.00. The highest BCUT2D eigenvalue weighted by Gasteiger charge is 2.45. The highest BCUT2D eigenvalue weighted by Crippen LogP contribution is 2.41. The van der Waals surface area contributed by atoms with Gasteiger partial charge in [-0.15, -0.1) is 11.8 Å². The molecule has 29 heavy (non-hydrogen) atoms. The molecule has 1 N–H and O–H groups in total. The van der Waals surface area contributed by atoms with Crippen LogP contribution in [0.1, 0.15) is 74.6 Å². The molecule has 4 rings (SSSR count). The molecular weight excluding hydrogens is 387 g/mol. The summed E-state index contributed by atoms with van der Waals surface area (Å²) in [5.74, 6) is 0.568. The normalized spacial score (nSPS) is 26.4. The second-order valence-electron chi connectivity index (χ2n) is 8.70. The second kappa shape index (κ2) is 9.50. The molecule has 2 atom stereocenters. The lowest BCUT2D eigenvalue weighted by molar-refractivity contribution is -0.126. The van der Waals surface area contributed by atoms with Gasteiger partial charge in [0.05, 0.1) is 5.37 Å². The molecule has 1 aromatic rings. The zero-order valence-corrected chi connectivity index (χ0v) is 17.8. The number of amides is 2. The smallest absolute Gasteiger partial charge is 0.255 e. The third-order valence-corrected chi connectivity index (χ3v) is 8.13. The quantitative estimate of drug-likeness (QED) is 0.768. The molecule has 2 aliphatic carbocycles. The van der Waals surface area contributed by atoms with Crippen LogP contribution in [0, 0.1) is 11.7 Å². The Hall–Kier alpha value is -1.56. The summed E-state index contributed by atoms with van der Waals surface area (Å²) in [6.45, 7) is 0. The van der Waals surface area contributed by atoms with Crippen molar-refractivity contribution in [1.82, 2.24) is 10.2 Å². The summed E-state index contributed by atoms with van der Waals surface area (Å²) in [6.07, 6.45) is 11.5. The van der Waals surface area contributed by atoms with Crippen molar-refractivity contribution < 1.29 is 14.0 Å². The van der Waals surface area contributed by atoms with Gasteiger partial charge in [0.15, 0.2) is 0 Å². The Morgan fingerprint density at radius 3 is 2.21 bits per heavy atom. The van der Waals surface area contributed by atoms with Gasteiger partial charge in [0.25, 0.3) is 5.91 Å². The Morgan fingerprint density at radius 2 is 1.55 bits per heavy atom. The first-order valence-electron chi connectivity index (χ1n) is 11.1. The van der Waals surface area contributed by atoms with Crippen LogP contribution in [-0.2, 0) is 4.79 Å². The summed E-state index contributed by atoms with van der Waals surface area (Å²) < 4.78 is 13.4. The number of carbonyl (C=O) groups is 2. The third-order valence-electron chi connectivity index (χ3n) is 6.67. The number of nitrogens with zero attached hydrogens (tertiary/aromatic N) is 1. The average molecular weight is 419 g/mol. The summed E-state index contributed by atoms with van der Waals surface area (Å²) in [7, 11) is 0. The molecular formula is C23H31FN2O2S. The zero-order chi connectivity index (χ0) is 20.2. The van der Waals surface area contributed by atoms with Crippen LogP contribution < -0.4 is 5.32 Å². The van der Waals surface area contributed by atoms with Crippen molar-refractivity contribution in [1.29, 1.82) is 0 Å². The van der Waals surface area contributed by atoms with Gasteiger partial charge in [0.2, 0.25) is 5.91 Å². The molecule has 158 valence electrons. The van der Waals surface area contributed by atoms with E-state index in [9.17, 15) is 14.0 Å². The minimum atomic E-state index is -0.439. The van der Waals surface area contributed by atoms with E-state index in [1.807, 2.05) is 4.90 Å². The van der Waals surface area contributed by atoms with E-state index >= 15 is 0 Å². The number of carbonyl (C=O) groups excluding carboxylic acids is 2. The number of thioether (sulfide) groups is 1. The molecule has 1 aliphatic heterocycles. The van der Waals surface area contributed by atoms with Crippen LogP contribution in [0.25, 0.3) is 0 Å². The van der Waals surface area contributed by atoms with Gasteiger partial charge in [-0.1, -0.05) is 38.5 Å². The fourth-order valence-corrected chi connectivity index (χ4v) is 6.69. The van der Waals surface area contributed by atoms with Crippen LogP contribution in [0.4, 0.5) is 4.39 Å². The second-order valence-corrected chi connectivity index (χ2v) is 9.85. The Balaban J connectivity index is 1.54. The van der Waals surface area contributed by atoms with Crippen LogP contribution in [0.5, 0.6) is 0 Å². The fourth-order valence-electron chi connectivity index (χ4n) is 5.06. The standard InChI is InChI=1S/C23H31FN2O2S/c24-18-13-11-16(12-14-18)22(28)26-20(21(27)25-19-9-5-2-6-10-19)15-29-23(26)17-7-3-1-4-8-17/h11-14,17,19-20,23H,1-10,15H2,(H,25,27). The number of nitrogens with one attached hydrogen (secondary N) is 1. The Morgan fingerprint density at radius 1 is 0.931 bits per heavy atom. The highest BCUT2D eigenvalue weighted by atomic mass is 32.2. The van der Waals surface area contributed by atoms with E-state index < -0.39 is 6.04 Å². The van der Waals surface area contributed by atoms with Gasteiger partial charge < -0.3 is 10.2 Å². The van der Waals surface area contributed by atoms with Crippen molar-refractivity contribution in [2.75, 3.05) is 5.75 Å². The maximum Gasteiger partial charge on any atom is 0.255 e. The monoisotopic (exact) mass is 418 g/mol. The van der Waals surface area contributed by atoms with Crippen molar-refractivity contribution in [3.05, 3.63) is 35.6 Å². The fraction of sp³-hybridized carbons (Fsp3) is 0.652. The molecule has 6 heteroatoms. The lowest BCUT2D eigenvalue weighted by Gasteiger charge is -2.36. The van der Waals surface area contributed by atoms with Gasteiger partial charge in [-0.2, -0.15) is 0 Å². The minimum Gasteiger partial charge on any atom is -0.352 e. The van der Waals surface area contributed by atoms with Crippen LogP contribution in [-0.4, -0.2) is 39.9 Å². The Bertz CT molecular complexity index is 714. The summed E-state index contributed by atoms with van der Waals surface area (Å²) in [6, 6.07) is 5.51. The number of hydrogen-bond acceptors (Lipinski definition) is 3. The first-order chi connectivity index (χ1) is 14.1. The average Bonchev–Trinajstić information content (AvgIpc) is 3.20. The third kappa shape index (κ3) is 4.79. The number of rotatable bonds is 4. The van der Waals surface area contributed by atoms with Gasteiger partial charge in [0.1, 0.15) is 11.9 Å². The van der Waals surface area contributed by atoms with E-state index in [2.05, 4.69) is 5.32 Å². The molecule has 3 aliphatic rings. The molecule has 0 bridgehead atoms. The first kappa shape index (κ1) is 20.7. The summed E-state index contributed by atoms with van der Waals surface area (Å²) >= 11 is 1.75. The molecule has 0 radical (unpaired) electrons. The number of halogens is 1. The van der Waals surface area contributed by atoms with E-state index in [4.69, 9.17) is 0 Å². The molecule has 0 aromatic heterocycles. The van der Waals surface area contributed by atoms with Gasteiger partial charge >= 0.3 is 0 Å². The molecule has 1 saturated heterocycles. The van der Waals surface area contributed by atoms with Crippen molar-refractivity contribution >= 4 is 23.6 Å². The van der Waals surface area contributed by atoms with Crippen molar-refractivity contribution in [3.8, 4) is 0 Å². The molecule has 4 nitrogen and oxygen atoms in total. The molecule has 3 fully saturated rings. The zero-order valence-electron chi connectivity index (χ0n) is 16.9. The summed E-state index contributed by atoms with van der Waals surface area (Å²) in [5.41, 5.74) is 0.463. The minimum absolute atomic E-state index is 0.0156. The molecule has 1 aromatic carbocycles. The van der Waals surface area contributed by atoms with Gasteiger partial charge in [0, 0.05) is 17.4 Å². The largest absolute Gasteiger partial charge is 0.352 e. The van der Waals surface area contributed by atoms with Crippen LogP contribution >= 0.6 is 11.8 Å². The molecule has 2 saturated carbocycles.